The molecule has 0 saturated heterocycles. The molecule has 1 aromatic heterocycles. The average molecular weight is 380 g/mol. The molecule has 5 nitrogen and oxygen atoms in total. The van der Waals surface area contributed by atoms with Gasteiger partial charge in [-0.05, 0) is 50.7 Å². The fraction of sp³-hybridized carbons (Fsp3) is 0.522. The molecule has 5 heteroatoms. The van der Waals surface area contributed by atoms with E-state index in [-0.39, 0.29) is 23.7 Å². The Morgan fingerprint density at radius 3 is 2.25 bits per heavy atom. The lowest BCUT2D eigenvalue weighted by molar-refractivity contribution is -0.129. The van der Waals surface area contributed by atoms with Gasteiger partial charge < -0.3 is 10.6 Å². The van der Waals surface area contributed by atoms with Gasteiger partial charge in [-0.2, -0.15) is 0 Å². The molecule has 0 atom stereocenters. The molecule has 2 amide bonds. The molecular formula is C23H29N3O2. The zero-order chi connectivity index (χ0) is 19.3. The van der Waals surface area contributed by atoms with Gasteiger partial charge in [0.25, 0.3) is 0 Å². The van der Waals surface area contributed by atoms with E-state index in [2.05, 4.69) is 15.6 Å². The maximum Gasteiger partial charge on any atom is 0.227 e. The fourth-order valence-corrected chi connectivity index (χ4v) is 4.62. The lowest BCUT2D eigenvalue weighted by Crippen LogP contribution is -2.41. The van der Waals surface area contributed by atoms with Crippen molar-refractivity contribution in [1.29, 1.82) is 0 Å². The highest BCUT2D eigenvalue weighted by atomic mass is 16.2. The van der Waals surface area contributed by atoms with Crippen molar-refractivity contribution in [3.8, 4) is 0 Å². The first-order valence-electron chi connectivity index (χ1n) is 10.7. The molecule has 1 aromatic carbocycles. The number of aromatic nitrogens is 1. The lowest BCUT2D eigenvalue weighted by Gasteiger charge is -2.30. The zero-order valence-electron chi connectivity index (χ0n) is 16.3. The first kappa shape index (κ1) is 18.9. The molecule has 0 unspecified atom stereocenters. The van der Waals surface area contributed by atoms with Crippen LogP contribution in [-0.2, 0) is 9.59 Å². The number of anilines is 1. The SMILES string of the molecule is O=C(Nc1cccc2cccnc12)C1CCC(C(=O)NC2CCCCC2)CC1. The Labute approximate surface area is 166 Å². The Bertz CT molecular complexity index is 831. The van der Waals surface area contributed by atoms with Crippen LogP contribution in [0.25, 0.3) is 10.9 Å². The van der Waals surface area contributed by atoms with E-state index >= 15 is 0 Å². The first-order valence-corrected chi connectivity index (χ1v) is 10.7. The number of amides is 2. The van der Waals surface area contributed by atoms with Gasteiger partial charge in [-0.15, -0.1) is 0 Å². The highest BCUT2D eigenvalue weighted by Crippen LogP contribution is 2.31. The van der Waals surface area contributed by atoms with E-state index in [0.29, 0.717) is 6.04 Å². The summed E-state index contributed by atoms with van der Waals surface area (Å²) in [5.41, 5.74) is 1.58. The average Bonchev–Trinajstić information content (AvgIpc) is 2.75. The van der Waals surface area contributed by atoms with Crippen LogP contribution in [0.4, 0.5) is 5.69 Å². The number of carbonyl (C=O) groups is 2. The number of nitrogens with zero attached hydrogens (tertiary/aromatic N) is 1. The van der Waals surface area contributed by atoms with Gasteiger partial charge in [0.1, 0.15) is 0 Å². The molecule has 28 heavy (non-hydrogen) atoms. The molecule has 4 rings (SSSR count). The number of para-hydroxylation sites is 1. The number of rotatable bonds is 4. The third-order valence-electron chi connectivity index (χ3n) is 6.31. The summed E-state index contributed by atoms with van der Waals surface area (Å²) in [5, 5.41) is 7.32. The first-order chi connectivity index (χ1) is 13.7. The number of nitrogens with one attached hydrogen (secondary N) is 2. The third kappa shape index (κ3) is 4.34. The van der Waals surface area contributed by atoms with Crippen molar-refractivity contribution in [3.05, 3.63) is 36.5 Å². The summed E-state index contributed by atoms with van der Waals surface area (Å²) in [6, 6.07) is 10.1. The maximum atomic E-state index is 12.8. The Balaban J connectivity index is 1.30. The Kier molecular flexibility index (Phi) is 5.89. The molecule has 148 valence electrons. The van der Waals surface area contributed by atoms with Crippen LogP contribution >= 0.6 is 0 Å². The monoisotopic (exact) mass is 379 g/mol. The molecule has 2 N–H and O–H groups in total. The van der Waals surface area contributed by atoms with E-state index in [0.717, 1.165) is 55.1 Å². The number of hydrogen-bond donors (Lipinski definition) is 2. The topological polar surface area (TPSA) is 71.1 Å². The molecule has 0 spiro atoms. The minimum atomic E-state index is -0.0299. The van der Waals surface area contributed by atoms with Gasteiger partial charge >= 0.3 is 0 Å². The Morgan fingerprint density at radius 1 is 0.821 bits per heavy atom. The molecular weight excluding hydrogens is 350 g/mol. The van der Waals surface area contributed by atoms with Gasteiger partial charge in [0.15, 0.2) is 0 Å². The minimum absolute atomic E-state index is 0.0299. The molecule has 2 fully saturated rings. The van der Waals surface area contributed by atoms with E-state index < -0.39 is 0 Å². The second-order valence-electron chi connectivity index (χ2n) is 8.26. The van der Waals surface area contributed by atoms with Crippen molar-refractivity contribution in [2.45, 2.75) is 63.8 Å². The molecule has 2 saturated carbocycles. The van der Waals surface area contributed by atoms with Gasteiger partial charge in [0.05, 0.1) is 11.2 Å². The van der Waals surface area contributed by atoms with Crippen LogP contribution < -0.4 is 10.6 Å². The third-order valence-corrected chi connectivity index (χ3v) is 6.31. The fourth-order valence-electron chi connectivity index (χ4n) is 4.62. The van der Waals surface area contributed by atoms with E-state index in [9.17, 15) is 9.59 Å². The summed E-state index contributed by atoms with van der Waals surface area (Å²) in [4.78, 5) is 29.7. The number of fused-ring (bicyclic) bond motifs is 1. The van der Waals surface area contributed by atoms with Crippen LogP contribution in [0.15, 0.2) is 36.5 Å². The van der Waals surface area contributed by atoms with E-state index in [1.165, 1.54) is 19.3 Å². The van der Waals surface area contributed by atoms with Crippen LogP contribution in [0, 0.1) is 11.8 Å². The van der Waals surface area contributed by atoms with Crippen molar-refractivity contribution >= 4 is 28.4 Å². The largest absolute Gasteiger partial charge is 0.353 e. The summed E-state index contributed by atoms with van der Waals surface area (Å²) in [6.07, 6.45) is 10.8. The van der Waals surface area contributed by atoms with Gasteiger partial charge in [0, 0.05) is 29.5 Å². The summed E-state index contributed by atoms with van der Waals surface area (Å²) in [5.74, 6) is 0.274. The van der Waals surface area contributed by atoms with Crippen LogP contribution in [0.1, 0.15) is 57.8 Å². The zero-order valence-corrected chi connectivity index (χ0v) is 16.3. The standard InChI is InChI=1S/C23H29N3O2/c27-22(25-19-8-2-1-3-9-19)17-11-13-18(14-12-17)23(28)26-20-10-4-6-16-7-5-15-24-21(16)20/h4-7,10,15,17-19H,1-3,8-9,11-14H2,(H,25,27)(H,26,28). The number of pyridine rings is 1. The van der Waals surface area contributed by atoms with E-state index in [4.69, 9.17) is 0 Å². The summed E-state index contributed by atoms with van der Waals surface area (Å²) >= 11 is 0. The molecule has 0 bridgehead atoms. The molecule has 1 heterocycles. The predicted octanol–water partition coefficient (Wildman–Crippen LogP) is 4.43. The van der Waals surface area contributed by atoms with Crippen LogP contribution in [0.5, 0.6) is 0 Å². The van der Waals surface area contributed by atoms with Gasteiger partial charge in [-0.25, -0.2) is 0 Å². The second kappa shape index (κ2) is 8.72. The number of hydrogen-bond acceptors (Lipinski definition) is 3. The highest BCUT2D eigenvalue weighted by Gasteiger charge is 2.31. The predicted molar refractivity (Wildman–Crippen MR) is 111 cm³/mol. The molecule has 2 aromatic rings. The Hall–Kier alpha value is -2.43. The van der Waals surface area contributed by atoms with Crippen molar-refractivity contribution in [2.24, 2.45) is 11.8 Å². The normalized spacial score (nSPS) is 23.3. The summed E-state index contributed by atoms with van der Waals surface area (Å²) in [7, 11) is 0. The highest BCUT2D eigenvalue weighted by molar-refractivity contribution is 6.01. The molecule has 0 radical (unpaired) electrons. The van der Waals surface area contributed by atoms with Crippen LogP contribution in [-0.4, -0.2) is 22.8 Å². The van der Waals surface area contributed by atoms with Gasteiger partial charge in [-0.1, -0.05) is 37.5 Å². The van der Waals surface area contributed by atoms with Crippen molar-refractivity contribution < 1.29 is 9.59 Å². The Morgan fingerprint density at radius 2 is 1.50 bits per heavy atom. The smallest absolute Gasteiger partial charge is 0.227 e. The summed E-state index contributed by atoms with van der Waals surface area (Å²) in [6.45, 7) is 0. The van der Waals surface area contributed by atoms with Crippen molar-refractivity contribution in [2.75, 3.05) is 5.32 Å². The van der Waals surface area contributed by atoms with Crippen LogP contribution in [0.3, 0.4) is 0 Å². The summed E-state index contributed by atoms with van der Waals surface area (Å²) < 4.78 is 0. The van der Waals surface area contributed by atoms with Gasteiger partial charge in [0.2, 0.25) is 11.8 Å². The van der Waals surface area contributed by atoms with Crippen molar-refractivity contribution in [1.82, 2.24) is 10.3 Å². The van der Waals surface area contributed by atoms with E-state index in [1.807, 2.05) is 30.3 Å². The molecule has 2 aliphatic rings. The molecule has 0 aliphatic heterocycles. The lowest BCUT2D eigenvalue weighted by atomic mass is 9.80. The second-order valence-corrected chi connectivity index (χ2v) is 8.26. The van der Waals surface area contributed by atoms with E-state index in [1.54, 1.807) is 6.20 Å². The molecule has 2 aliphatic carbocycles. The maximum absolute atomic E-state index is 12.8. The quantitative estimate of drug-likeness (QED) is 0.825. The minimum Gasteiger partial charge on any atom is -0.353 e. The number of benzene rings is 1. The number of carbonyl (C=O) groups excluding carboxylic acids is 2. The van der Waals surface area contributed by atoms with Crippen molar-refractivity contribution in [3.63, 3.8) is 0 Å². The van der Waals surface area contributed by atoms with Crippen LogP contribution in [0.2, 0.25) is 0 Å². The van der Waals surface area contributed by atoms with Gasteiger partial charge in [-0.3, -0.25) is 14.6 Å².